The van der Waals surface area contributed by atoms with Crippen LogP contribution in [0.3, 0.4) is 0 Å². The molecule has 0 spiro atoms. The SMILES string of the molecule is CCOC(=O)c1ccc(CNC(=O)[C@H]2CCCN2c2nc(C)c3cc(F)ccc3n2)o1. The highest BCUT2D eigenvalue weighted by Crippen LogP contribution is 2.26. The van der Waals surface area contributed by atoms with Crippen LogP contribution in [0.4, 0.5) is 10.3 Å². The van der Waals surface area contributed by atoms with Gasteiger partial charge in [0.25, 0.3) is 0 Å². The highest BCUT2D eigenvalue weighted by molar-refractivity contribution is 5.87. The van der Waals surface area contributed by atoms with E-state index in [0.717, 1.165) is 6.42 Å². The second kappa shape index (κ2) is 8.71. The number of fused-ring (bicyclic) bond motifs is 1. The summed E-state index contributed by atoms with van der Waals surface area (Å²) in [6.07, 6.45) is 1.50. The van der Waals surface area contributed by atoms with E-state index in [9.17, 15) is 14.0 Å². The van der Waals surface area contributed by atoms with Crippen LogP contribution < -0.4 is 10.2 Å². The molecule has 0 unspecified atom stereocenters. The third-order valence-electron chi connectivity index (χ3n) is 5.22. The molecule has 1 aromatic carbocycles. The maximum Gasteiger partial charge on any atom is 0.374 e. The molecule has 162 valence electrons. The molecule has 0 saturated carbocycles. The Balaban J connectivity index is 1.46. The second-order valence-electron chi connectivity index (χ2n) is 7.33. The molecule has 0 aliphatic carbocycles. The molecule has 1 fully saturated rings. The van der Waals surface area contributed by atoms with Crippen LogP contribution in [-0.2, 0) is 16.1 Å². The van der Waals surface area contributed by atoms with E-state index < -0.39 is 12.0 Å². The standard InChI is InChI=1S/C22H23FN4O4/c1-3-30-21(29)19-9-7-15(31-19)12-24-20(28)18-5-4-10-27(18)22-25-13(2)16-11-14(23)6-8-17(16)26-22/h6-9,11,18H,3-5,10,12H2,1-2H3,(H,24,28)/t18-/m1/s1. The van der Waals surface area contributed by atoms with Gasteiger partial charge in [-0.15, -0.1) is 0 Å². The highest BCUT2D eigenvalue weighted by atomic mass is 19.1. The topological polar surface area (TPSA) is 97.6 Å². The van der Waals surface area contributed by atoms with Gasteiger partial charge in [0.05, 0.1) is 24.4 Å². The zero-order chi connectivity index (χ0) is 22.0. The molecule has 1 atom stereocenters. The number of carbonyl (C=O) groups is 2. The van der Waals surface area contributed by atoms with Crippen LogP contribution in [0.2, 0.25) is 0 Å². The van der Waals surface area contributed by atoms with Crippen LogP contribution in [0.15, 0.2) is 34.7 Å². The molecule has 3 aromatic rings. The molecule has 4 rings (SSSR count). The average molecular weight is 426 g/mol. The number of halogens is 1. The van der Waals surface area contributed by atoms with E-state index in [1.807, 2.05) is 4.90 Å². The summed E-state index contributed by atoms with van der Waals surface area (Å²) in [5, 5.41) is 3.50. The van der Waals surface area contributed by atoms with Crippen molar-refractivity contribution in [2.24, 2.45) is 0 Å². The number of benzene rings is 1. The van der Waals surface area contributed by atoms with E-state index in [1.54, 1.807) is 26.0 Å². The van der Waals surface area contributed by atoms with Gasteiger partial charge in [0, 0.05) is 11.9 Å². The van der Waals surface area contributed by atoms with Gasteiger partial charge in [-0.1, -0.05) is 0 Å². The van der Waals surface area contributed by atoms with Crippen molar-refractivity contribution >= 4 is 28.7 Å². The smallest absolute Gasteiger partial charge is 0.374 e. The summed E-state index contributed by atoms with van der Waals surface area (Å²) in [7, 11) is 0. The molecular weight excluding hydrogens is 403 g/mol. The number of furan rings is 1. The minimum Gasteiger partial charge on any atom is -0.460 e. The van der Waals surface area contributed by atoms with Crippen LogP contribution in [0, 0.1) is 12.7 Å². The first-order valence-corrected chi connectivity index (χ1v) is 10.2. The molecule has 3 heterocycles. The molecule has 31 heavy (non-hydrogen) atoms. The number of rotatable bonds is 6. The van der Waals surface area contributed by atoms with Gasteiger partial charge in [-0.2, -0.15) is 0 Å². The van der Waals surface area contributed by atoms with Crippen molar-refractivity contribution in [2.45, 2.75) is 39.3 Å². The fraction of sp³-hybridized carbons (Fsp3) is 0.364. The van der Waals surface area contributed by atoms with Crippen LogP contribution in [-0.4, -0.2) is 41.0 Å². The third kappa shape index (κ3) is 4.35. The number of nitrogens with zero attached hydrogens (tertiary/aromatic N) is 3. The number of amides is 1. The average Bonchev–Trinajstić information content (AvgIpc) is 3.42. The largest absolute Gasteiger partial charge is 0.460 e. The van der Waals surface area contributed by atoms with Gasteiger partial charge in [-0.3, -0.25) is 4.79 Å². The summed E-state index contributed by atoms with van der Waals surface area (Å²) < 4.78 is 23.9. The van der Waals surface area contributed by atoms with E-state index in [0.29, 0.717) is 41.3 Å². The lowest BCUT2D eigenvalue weighted by Gasteiger charge is -2.24. The monoisotopic (exact) mass is 426 g/mol. The lowest BCUT2D eigenvalue weighted by atomic mass is 10.2. The van der Waals surface area contributed by atoms with Gasteiger partial charge in [0.1, 0.15) is 17.6 Å². The molecule has 8 nitrogen and oxygen atoms in total. The molecule has 1 N–H and O–H groups in total. The van der Waals surface area contributed by atoms with Gasteiger partial charge in [-0.25, -0.2) is 19.2 Å². The zero-order valence-electron chi connectivity index (χ0n) is 17.4. The molecular formula is C22H23FN4O4. The molecule has 2 aromatic heterocycles. The first-order chi connectivity index (χ1) is 15.0. The second-order valence-corrected chi connectivity index (χ2v) is 7.33. The number of ether oxygens (including phenoxy) is 1. The van der Waals surface area contributed by atoms with E-state index in [-0.39, 0.29) is 30.6 Å². The first-order valence-electron chi connectivity index (χ1n) is 10.2. The maximum absolute atomic E-state index is 13.5. The van der Waals surface area contributed by atoms with Crippen LogP contribution in [0.5, 0.6) is 0 Å². The van der Waals surface area contributed by atoms with Gasteiger partial charge >= 0.3 is 5.97 Å². The van der Waals surface area contributed by atoms with E-state index in [2.05, 4.69) is 15.3 Å². The summed E-state index contributed by atoms with van der Waals surface area (Å²) in [6.45, 7) is 4.58. The summed E-state index contributed by atoms with van der Waals surface area (Å²) in [6, 6.07) is 7.13. The van der Waals surface area contributed by atoms with Crippen LogP contribution >= 0.6 is 0 Å². The number of anilines is 1. The van der Waals surface area contributed by atoms with Crippen molar-refractivity contribution in [3.8, 4) is 0 Å². The molecule has 9 heteroatoms. The van der Waals surface area contributed by atoms with Crippen molar-refractivity contribution < 1.29 is 23.1 Å². The Kier molecular flexibility index (Phi) is 5.83. The number of aromatic nitrogens is 2. The van der Waals surface area contributed by atoms with Crippen molar-refractivity contribution in [1.82, 2.24) is 15.3 Å². The van der Waals surface area contributed by atoms with Crippen molar-refractivity contribution in [1.29, 1.82) is 0 Å². The van der Waals surface area contributed by atoms with Crippen molar-refractivity contribution in [2.75, 3.05) is 18.1 Å². The number of nitrogens with one attached hydrogen (secondary N) is 1. The Labute approximate surface area is 178 Å². The summed E-state index contributed by atoms with van der Waals surface area (Å²) in [5.74, 6) is -0.0325. The minimum atomic E-state index is -0.536. The van der Waals surface area contributed by atoms with Crippen molar-refractivity contribution in [3.05, 3.63) is 53.4 Å². The lowest BCUT2D eigenvalue weighted by molar-refractivity contribution is -0.122. The fourth-order valence-corrected chi connectivity index (χ4v) is 3.72. The predicted molar refractivity (Wildman–Crippen MR) is 111 cm³/mol. The van der Waals surface area contributed by atoms with Gasteiger partial charge in [0.15, 0.2) is 0 Å². The van der Waals surface area contributed by atoms with Gasteiger partial charge in [0.2, 0.25) is 17.6 Å². The Hall–Kier alpha value is -3.49. The fourth-order valence-electron chi connectivity index (χ4n) is 3.72. The molecule has 0 radical (unpaired) electrons. The van der Waals surface area contributed by atoms with Crippen LogP contribution in [0.25, 0.3) is 10.9 Å². The summed E-state index contributed by atoms with van der Waals surface area (Å²) in [5.41, 5.74) is 1.30. The first kappa shape index (κ1) is 20.8. The third-order valence-corrected chi connectivity index (χ3v) is 5.22. The normalized spacial score (nSPS) is 16.0. The molecule has 1 aliphatic rings. The molecule has 1 amide bonds. The lowest BCUT2D eigenvalue weighted by Crippen LogP contribution is -2.43. The van der Waals surface area contributed by atoms with Gasteiger partial charge < -0.3 is 19.4 Å². The Morgan fingerprint density at radius 1 is 1.29 bits per heavy atom. The summed E-state index contributed by atoms with van der Waals surface area (Å²) in [4.78, 5) is 35.5. The highest BCUT2D eigenvalue weighted by Gasteiger charge is 2.33. The minimum absolute atomic E-state index is 0.102. The number of hydrogen-bond acceptors (Lipinski definition) is 7. The number of carbonyl (C=O) groups excluding carboxylic acids is 2. The van der Waals surface area contributed by atoms with Crippen molar-refractivity contribution in [3.63, 3.8) is 0 Å². The van der Waals surface area contributed by atoms with E-state index in [1.165, 1.54) is 18.2 Å². The Morgan fingerprint density at radius 3 is 2.94 bits per heavy atom. The zero-order valence-corrected chi connectivity index (χ0v) is 17.4. The van der Waals surface area contributed by atoms with Crippen LogP contribution in [0.1, 0.15) is 41.8 Å². The molecule has 1 saturated heterocycles. The quantitative estimate of drug-likeness (QED) is 0.605. The Morgan fingerprint density at radius 2 is 2.13 bits per heavy atom. The Bertz CT molecular complexity index is 1130. The molecule has 0 bridgehead atoms. The molecule has 1 aliphatic heterocycles. The van der Waals surface area contributed by atoms with E-state index >= 15 is 0 Å². The van der Waals surface area contributed by atoms with Gasteiger partial charge in [-0.05, 0) is 57.0 Å². The van der Waals surface area contributed by atoms with E-state index in [4.69, 9.17) is 9.15 Å². The number of aryl methyl sites for hydroxylation is 1. The maximum atomic E-state index is 13.5. The predicted octanol–water partition coefficient (Wildman–Crippen LogP) is 3.13. The summed E-state index contributed by atoms with van der Waals surface area (Å²) >= 11 is 0. The number of esters is 1. The number of hydrogen-bond donors (Lipinski definition) is 1.